The van der Waals surface area contributed by atoms with Crippen LogP contribution in [0.4, 0.5) is 17.2 Å². The molecule has 1 aromatic heterocycles. The Bertz CT molecular complexity index is 587. The highest BCUT2D eigenvalue weighted by Crippen LogP contribution is 2.20. The number of nitrogens with two attached hydrogens (primary N) is 1. The monoisotopic (exact) mass is 240 g/mol. The van der Waals surface area contributed by atoms with Crippen LogP contribution in [0.3, 0.4) is 0 Å². The summed E-state index contributed by atoms with van der Waals surface area (Å²) in [6, 6.07) is 12.7. The molecule has 1 aromatic carbocycles. The van der Waals surface area contributed by atoms with Crippen molar-refractivity contribution in [3.8, 4) is 11.8 Å². The SMILES string of the molecule is COc1ccc(Nc2ccc(N)c(C#N)n2)cc1. The van der Waals surface area contributed by atoms with Gasteiger partial charge in [-0.1, -0.05) is 0 Å². The second kappa shape index (κ2) is 5.06. The molecule has 2 aromatic rings. The van der Waals surface area contributed by atoms with Crippen LogP contribution in [0.15, 0.2) is 36.4 Å². The maximum atomic E-state index is 8.84. The number of aromatic nitrogens is 1. The van der Waals surface area contributed by atoms with Gasteiger partial charge in [0.05, 0.1) is 12.8 Å². The fourth-order valence-corrected chi connectivity index (χ4v) is 1.45. The lowest BCUT2D eigenvalue weighted by Gasteiger charge is -2.07. The largest absolute Gasteiger partial charge is 0.497 e. The summed E-state index contributed by atoms with van der Waals surface area (Å²) >= 11 is 0. The Balaban J connectivity index is 2.20. The molecule has 2 rings (SSSR count). The van der Waals surface area contributed by atoms with Crippen LogP contribution in [0.25, 0.3) is 0 Å². The van der Waals surface area contributed by atoms with Crippen LogP contribution in [0, 0.1) is 11.3 Å². The van der Waals surface area contributed by atoms with Gasteiger partial charge in [-0.25, -0.2) is 4.98 Å². The molecule has 0 atom stereocenters. The van der Waals surface area contributed by atoms with Crippen LogP contribution in [0.5, 0.6) is 5.75 Å². The number of anilines is 3. The van der Waals surface area contributed by atoms with Gasteiger partial charge in [-0.2, -0.15) is 5.26 Å². The van der Waals surface area contributed by atoms with Gasteiger partial charge in [0.15, 0.2) is 5.69 Å². The van der Waals surface area contributed by atoms with E-state index in [1.807, 2.05) is 30.3 Å². The van der Waals surface area contributed by atoms with Gasteiger partial charge in [0.1, 0.15) is 17.6 Å². The van der Waals surface area contributed by atoms with Gasteiger partial charge in [0.25, 0.3) is 0 Å². The van der Waals surface area contributed by atoms with E-state index in [1.165, 1.54) is 0 Å². The minimum Gasteiger partial charge on any atom is -0.497 e. The van der Waals surface area contributed by atoms with Crippen molar-refractivity contribution in [1.29, 1.82) is 5.26 Å². The average Bonchev–Trinajstić information content (AvgIpc) is 2.42. The zero-order valence-electron chi connectivity index (χ0n) is 9.84. The maximum absolute atomic E-state index is 8.84. The van der Waals surface area contributed by atoms with E-state index in [-0.39, 0.29) is 5.69 Å². The molecule has 0 radical (unpaired) electrons. The number of nitrogens with one attached hydrogen (secondary N) is 1. The Morgan fingerprint density at radius 3 is 2.56 bits per heavy atom. The molecule has 0 fully saturated rings. The molecule has 0 aliphatic rings. The van der Waals surface area contributed by atoms with Crippen molar-refractivity contribution in [1.82, 2.24) is 4.98 Å². The second-order valence-corrected chi connectivity index (χ2v) is 3.60. The lowest BCUT2D eigenvalue weighted by Crippen LogP contribution is -1.98. The van der Waals surface area contributed by atoms with Gasteiger partial charge in [-0.3, -0.25) is 0 Å². The number of nitrogens with zero attached hydrogens (tertiary/aromatic N) is 2. The number of nitriles is 1. The van der Waals surface area contributed by atoms with Crippen molar-refractivity contribution >= 4 is 17.2 Å². The standard InChI is InChI=1S/C13H12N4O/c1-18-10-4-2-9(3-5-10)16-13-7-6-11(15)12(8-14)17-13/h2-7H,15H2,1H3,(H,16,17). The van der Waals surface area contributed by atoms with E-state index < -0.39 is 0 Å². The topological polar surface area (TPSA) is 84.0 Å². The molecule has 1 heterocycles. The van der Waals surface area contributed by atoms with Crippen molar-refractivity contribution in [2.45, 2.75) is 0 Å². The van der Waals surface area contributed by atoms with Gasteiger partial charge in [-0.15, -0.1) is 0 Å². The zero-order valence-corrected chi connectivity index (χ0v) is 9.84. The summed E-state index contributed by atoms with van der Waals surface area (Å²) in [5.41, 5.74) is 7.05. The highest BCUT2D eigenvalue weighted by atomic mass is 16.5. The highest BCUT2D eigenvalue weighted by Gasteiger charge is 2.02. The first-order chi connectivity index (χ1) is 8.72. The Kier molecular flexibility index (Phi) is 3.30. The molecule has 0 unspecified atom stereocenters. The van der Waals surface area contributed by atoms with Crippen molar-refractivity contribution in [3.05, 3.63) is 42.1 Å². The van der Waals surface area contributed by atoms with Crippen LogP contribution in [0.2, 0.25) is 0 Å². The molecule has 0 saturated heterocycles. The lowest BCUT2D eigenvalue weighted by atomic mass is 10.3. The summed E-state index contributed by atoms with van der Waals surface area (Å²) in [6.07, 6.45) is 0. The summed E-state index contributed by atoms with van der Waals surface area (Å²) in [5, 5.41) is 11.9. The van der Waals surface area contributed by atoms with Crippen LogP contribution >= 0.6 is 0 Å². The summed E-state index contributed by atoms with van der Waals surface area (Å²) in [5.74, 6) is 1.36. The smallest absolute Gasteiger partial charge is 0.165 e. The number of ether oxygens (including phenoxy) is 1. The molecule has 0 bridgehead atoms. The van der Waals surface area contributed by atoms with Gasteiger partial charge >= 0.3 is 0 Å². The Morgan fingerprint density at radius 1 is 1.22 bits per heavy atom. The second-order valence-electron chi connectivity index (χ2n) is 3.60. The minimum atomic E-state index is 0.216. The zero-order chi connectivity index (χ0) is 13.0. The molecule has 0 aliphatic carbocycles. The van der Waals surface area contributed by atoms with E-state index in [1.54, 1.807) is 19.2 Å². The van der Waals surface area contributed by atoms with Gasteiger partial charge in [-0.05, 0) is 36.4 Å². The number of nitrogen functional groups attached to an aromatic ring is 1. The first kappa shape index (κ1) is 11.7. The van der Waals surface area contributed by atoms with Crippen LogP contribution < -0.4 is 15.8 Å². The molecule has 3 N–H and O–H groups in total. The summed E-state index contributed by atoms with van der Waals surface area (Å²) in [6.45, 7) is 0. The number of pyridine rings is 1. The van der Waals surface area contributed by atoms with E-state index in [0.717, 1.165) is 11.4 Å². The summed E-state index contributed by atoms with van der Waals surface area (Å²) in [7, 11) is 1.61. The van der Waals surface area contributed by atoms with E-state index in [2.05, 4.69) is 10.3 Å². The van der Waals surface area contributed by atoms with Gasteiger partial charge < -0.3 is 15.8 Å². The minimum absolute atomic E-state index is 0.216. The first-order valence-corrected chi connectivity index (χ1v) is 5.30. The third kappa shape index (κ3) is 2.50. The first-order valence-electron chi connectivity index (χ1n) is 5.30. The Hall–Kier alpha value is -2.74. The number of hydrogen-bond donors (Lipinski definition) is 2. The van der Waals surface area contributed by atoms with Crippen LogP contribution in [-0.4, -0.2) is 12.1 Å². The molecule has 5 heteroatoms. The van der Waals surface area contributed by atoms with E-state index in [9.17, 15) is 0 Å². The van der Waals surface area contributed by atoms with Crippen LogP contribution in [0.1, 0.15) is 5.69 Å². The van der Waals surface area contributed by atoms with Crippen molar-refractivity contribution in [3.63, 3.8) is 0 Å². The van der Waals surface area contributed by atoms with Crippen LogP contribution in [-0.2, 0) is 0 Å². The number of hydrogen-bond acceptors (Lipinski definition) is 5. The molecule has 5 nitrogen and oxygen atoms in total. The number of methoxy groups -OCH3 is 1. The van der Waals surface area contributed by atoms with Gasteiger partial charge in [0, 0.05) is 5.69 Å². The fourth-order valence-electron chi connectivity index (χ4n) is 1.45. The molecule has 0 saturated carbocycles. The number of rotatable bonds is 3. The summed E-state index contributed by atoms with van der Waals surface area (Å²) in [4.78, 5) is 4.10. The fraction of sp³-hybridized carbons (Fsp3) is 0.0769. The van der Waals surface area contributed by atoms with Crippen molar-refractivity contribution < 1.29 is 4.74 Å². The Labute approximate surface area is 105 Å². The van der Waals surface area contributed by atoms with Gasteiger partial charge in [0.2, 0.25) is 0 Å². The quantitative estimate of drug-likeness (QED) is 0.859. The third-order valence-electron chi connectivity index (χ3n) is 2.39. The molecule has 90 valence electrons. The average molecular weight is 240 g/mol. The number of benzene rings is 1. The molecule has 18 heavy (non-hydrogen) atoms. The lowest BCUT2D eigenvalue weighted by molar-refractivity contribution is 0.415. The van der Waals surface area contributed by atoms with Crippen molar-refractivity contribution in [2.24, 2.45) is 0 Å². The molecular formula is C13H12N4O. The maximum Gasteiger partial charge on any atom is 0.165 e. The molecule has 0 amide bonds. The molecule has 0 spiro atoms. The van der Waals surface area contributed by atoms with E-state index in [4.69, 9.17) is 15.7 Å². The summed E-state index contributed by atoms with van der Waals surface area (Å²) < 4.78 is 5.07. The molecule has 0 aliphatic heterocycles. The predicted molar refractivity (Wildman–Crippen MR) is 69.6 cm³/mol. The molecular weight excluding hydrogens is 228 g/mol. The Morgan fingerprint density at radius 2 is 1.94 bits per heavy atom. The van der Waals surface area contributed by atoms with E-state index >= 15 is 0 Å². The van der Waals surface area contributed by atoms with Crippen molar-refractivity contribution in [2.75, 3.05) is 18.2 Å². The predicted octanol–water partition coefficient (Wildman–Crippen LogP) is 2.29. The normalized spacial score (nSPS) is 9.56. The highest BCUT2D eigenvalue weighted by molar-refractivity contribution is 5.61. The third-order valence-corrected chi connectivity index (χ3v) is 2.39. The van der Waals surface area contributed by atoms with E-state index in [0.29, 0.717) is 11.5 Å².